The molecular weight excluding hydrogens is 236 g/mol. The van der Waals surface area contributed by atoms with Crippen LogP contribution in [0.15, 0.2) is 48.5 Å². The lowest BCUT2D eigenvalue weighted by Crippen LogP contribution is -2.02. The van der Waals surface area contributed by atoms with Crippen molar-refractivity contribution in [3.05, 3.63) is 65.2 Å². The SMILES string of the molecule is CCOc1cccc(C(=O)c2ccc(CC)cc2)c1. The van der Waals surface area contributed by atoms with Crippen LogP contribution in [0.25, 0.3) is 0 Å². The number of ketones is 1. The smallest absolute Gasteiger partial charge is 0.193 e. The predicted octanol–water partition coefficient (Wildman–Crippen LogP) is 3.88. The molecule has 0 aliphatic rings. The van der Waals surface area contributed by atoms with Crippen LogP contribution >= 0.6 is 0 Å². The Labute approximate surface area is 114 Å². The summed E-state index contributed by atoms with van der Waals surface area (Å²) in [6.45, 7) is 4.63. The van der Waals surface area contributed by atoms with Gasteiger partial charge in [-0.05, 0) is 31.0 Å². The zero-order valence-electron chi connectivity index (χ0n) is 11.3. The minimum atomic E-state index is 0.0317. The lowest BCUT2D eigenvalue weighted by molar-refractivity contribution is 0.103. The van der Waals surface area contributed by atoms with Crippen molar-refractivity contribution in [3.63, 3.8) is 0 Å². The van der Waals surface area contributed by atoms with Crippen LogP contribution < -0.4 is 4.74 Å². The molecule has 0 aliphatic heterocycles. The van der Waals surface area contributed by atoms with Crippen LogP contribution in [0.3, 0.4) is 0 Å². The normalized spacial score (nSPS) is 10.2. The van der Waals surface area contributed by atoms with Gasteiger partial charge >= 0.3 is 0 Å². The first-order valence-corrected chi connectivity index (χ1v) is 6.61. The lowest BCUT2D eigenvalue weighted by atomic mass is 10.0. The molecule has 2 aromatic carbocycles. The van der Waals surface area contributed by atoms with Crippen molar-refractivity contribution in [2.75, 3.05) is 6.61 Å². The van der Waals surface area contributed by atoms with Gasteiger partial charge in [0.2, 0.25) is 0 Å². The molecule has 0 aromatic heterocycles. The molecule has 0 fully saturated rings. The molecule has 0 atom stereocenters. The second-order valence-electron chi connectivity index (χ2n) is 4.34. The number of carbonyl (C=O) groups is 1. The molecule has 0 heterocycles. The van der Waals surface area contributed by atoms with Crippen LogP contribution in [-0.4, -0.2) is 12.4 Å². The number of ether oxygens (including phenoxy) is 1. The molecule has 0 unspecified atom stereocenters. The summed E-state index contributed by atoms with van der Waals surface area (Å²) in [6.07, 6.45) is 0.980. The van der Waals surface area contributed by atoms with Gasteiger partial charge in [0, 0.05) is 11.1 Å². The molecule has 0 bridgehead atoms. The molecule has 2 nitrogen and oxygen atoms in total. The summed E-state index contributed by atoms with van der Waals surface area (Å²) in [4.78, 5) is 12.3. The van der Waals surface area contributed by atoms with Gasteiger partial charge in [-0.1, -0.05) is 43.3 Å². The first-order valence-electron chi connectivity index (χ1n) is 6.61. The van der Waals surface area contributed by atoms with E-state index in [4.69, 9.17) is 4.74 Å². The maximum absolute atomic E-state index is 12.3. The summed E-state index contributed by atoms with van der Waals surface area (Å²) in [5.74, 6) is 0.766. The molecule has 0 amide bonds. The van der Waals surface area contributed by atoms with Gasteiger partial charge in [0.05, 0.1) is 6.61 Å². The van der Waals surface area contributed by atoms with Crippen molar-refractivity contribution in [3.8, 4) is 5.75 Å². The van der Waals surface area contributed by atoms with E-state index in [2.05, 4.69) is 6.92 Å². The van der Waals surface area contributed by atoms with Crippen molar-refractivity contribution in [2.24, 2.45) is 0 Å². The van der Waals surface area contributed by atoms with E-state index in [-0.39, 0.29) is 5.78 Å². The van der Waals surface area contributed by atoms with E-state index < -0.39 is 0 Å². The molecule has 19 heavy (non-hydrogen) atoms. The molecule has 0 saturated carbocycles. The van der Waals surface area contributed by atoms with Crippen molar-refractivity contribution in [2.45, 2.75) is 20.3 Å². The van der Waals surface area contributed by atoms with Crippen LogP contribution in [0.4, 0.5) is 0 Å². The maximum atomic E-state index is 12.3. The summed E-state index contributed by atoms with van der Waals surface area (Å²) in [6, 6.07) is 15.1. The third kappa shape index (κ3) is 3.22. The monoisotopic (exact) mass is 254 g/mol. The molecular formula is C17H18O2. The molecule has 2 aromatic rings. The van der Waals surface area contributed by atoms with E-state index in [0.29, 0.717) is 17.7 Å². The summed E-state index contributed by atoms with van der Waals surface area (Å²) in [7, 11) is 0. The number of carbonyl (C=O) groups excluding carboxylic acids is 1. The van der Waals surface area contributed by atoms with Crippen molar-refractivity contribution < 1.29 is 9.53 Å². The van der Waals surface area contributed by atoms with Gasteiger partial charge in [0.1, 0.15) is 5.75 Å². The van der Waals surface area contributed by atoms with Gasteiger partial charge in [-0.25, -0.2) is 0 Å². The predicted molar refractivity (Wildman–Crippen MR) is 76.9 cm³/mol. The fourth-order valence-corrected chi connectivity index (χ4v) is 1.95. The van der Waals surface area contributed by atoms with Gasteiger partial charge in [0.15, 0.2) is 5.78 Å². The van der Waals surface area contributed by atoms with E-state index in [0.717, 1.165) is 12.2 Å². The van der Waals surface area contributed by atoms with Gasteiger partial charge < -0.3 is 4.74 Å². The van der Waals surface area contributed by atoms with Crippen molar-refractivity contribution in [1.82, 2.24) is 0 Å². The van der Waals surface area contributed by atoms with Crippen molar-refractivity contribution >= 4 is 5.78 Å². The average Bonchev–Trinajstić information content (AvgIpc) is 2.47. The molecule has 98 valence electrons. The van der Waals surface area contributed by atoms with Gasteiger partial charge in [0.25, 0.3) is 0 Å². The Morgan fingerprint density at radius 2 is 1.74 bits per heavy atom. The highest BCUT2D eigenvalue weighted by Gasteiger charge is 2.09. The second kappa shape index (κ2) is 6.19. The molecule has 0 radical (unpaired) electrons. The van der Waals surface area contributed by atoms with Gasteiger partial charge in [-0.2, -0.15) is 0 Å². The zero-order valence-corrected chi connectivity index (χ0v) is 11.3. The Bertz CT molecular complexity index is 556. The summed E-state index contributed by atoms with van der Waals surface area (Å²) in [5.41, 5.74) is 2.61. The number of aryl methyl sites for hydroxylation is 1. The third-order valence-corrected chi connectivity index (χ3v) is 3.03. The Balaban J connectivity index is 2.24. The fourth-order valence-electron chi connectivity index (χ4n) is 1.95. The summed E-state index contributed by atoms with van der Waals surface area (Å²) in [5, 5.41) is 0. The molecule has 2 heteroatoms. The quantitative estimate of drug-likeness (QED) is 0.757. The first kappa shape index (κ1) is 13.3. The van der Waals surface area contributed by atoms with Gasteiger partial charge in [-0.3, -0.25) is 4.79 Å². The summed E-state index contributed by atoms with van der Waals surface area (Å²) < 4.78 is 5.42. The average molecular weight is 254 g/mol. The van der Waals surface area contributed by atoms with Crippen LogP contribution in [0.1, 0.15) is 35.3 Å². The van der Waals surface area contributed by atoms with E-state index >= 15 is 0 Å². The number of benzene rings is 2. The molecule has 0 aliphatic carbocycles. The Hall–Kier alpha value is -2.09. The van der Waals surface area contributed by atoms with Crippen LogP contribution in [0, 0.1) is 0 Å². The second-order valence-corrected chi connectivity index (χ2v) is 4.34. The molecule has 0 saturated heterocycles. The van der Waals surface area contributed by atoms with Crippen molar-refractivity contribution in [1.29, 1.82) is 0 Å². The van der Waals surface area contributed by atoms with Crippen LogP contribution in [0.2, 0.25) is 0 Å². The van der Waals surface area contributed by atoms with E-state index in [1.165, 1.54) is 5.56 Å². The first-order chi connectivity index (χ1) is 9.24. The van der Waals surface area contributed by atoms with Crippen LogP contribution in [0.5, 0.6) is 5.75 Å². The topological polar surface area (TPSA) is 26.3 Å². The number of hydrogen-bond acceptors (Lipinski definition) is 2. The Morgan fingerprint density at radius 3 is 2.37 bits per heavy atom. The standard InChI is InChI=1S/C17H18O2/c1-3-13-8-10-14(11-9-13)17(18)15-6-5-7-16(12-15)19-4-2/h5-12H,3-4H2,1-2H3. The third-order valence-electron chi connectivity index (χ3n) is 3.03. The molecule has 2 rings (SSSR count). The largest absolute Gasteiger partial charge is 0.494 e. The lowest BCUT2D eigenvalue weighted by Gasteiger charge is -2.06. The fraction of sp³-hybridized carbons (Fsp3) is 0.235. The molecule has 0 spiro atoms. The highest BCUT2D eigenvalue weighted by Crippen LogP contribution is 2.17. The highest BCUT2D eigenvalue weighted by molar-refractivity contribution is 6.09. The van der Waals surface area contributed by atoms with Gasteiger partial charge in [-0.15, -0.1) is 0 Å². The maximum Gasteiger partial charge on any atom is 0.193 e. The minimum absolute atomic E-state index is 0.0317. The summed E-state index contributed by atoms with van der Waals surface area (Å²) >= 11 is 0. The zero-order chi connectivity index (χ0) is 13.7. The Morgan fingerprint density at radius 1 is 1.00 bits per heavy atom. The van der Waals surface area contributed by atoms with Crippen LogP contribution in [-0.2, 0) is 6.42 Å². The Kier molecular flexibility index (Phi) is 4.35. The van der Waals surface area contributed by atoms with E-state index in [1.807, 2.05) is 49.4 Å². The minimum Gasteiger partial charge on any atom is -0.494 e. The highest BCUT2D eigenvalue weighted by atomic mass is 16.5. The molecule has 0 N–H and O–H groups in total. The van der Waals surface area contributed by atoms with E-state index in [9.17, 15) is 4.79 Å². The van der Waals surface area contributed by atoms with E-state index in [1.54, 1.807) is 6.07 Å². The number of rotatable bonds is 5. The number of hydrogen-bond donors (Lipinski definition) is 0.